The van der Waals surface area contributed by atoms with Gasteiger partial charge in [-0.25, -0.2) is 9.97 Å². The van der Waals surface area contributed by atoms with E-state index in [2.05, 4.69) is 20.2 Å². The van der Waals surface area contributed by atoms with E-state index in [1.807, 2.05) is 30.3 Å². The second kappa shape index (κ2) is 8.43. The molecule has 0 radical (unpaired) electrons. The van der Waals surface area contributed by atoms with Crippen LogP contribution in [0.3, 0.4) is 0 Å². The van der Waals surface area contributed by atoms with E-state index in [1.165, 1.54) is 0 Å². The van der Waals surface area contributed by atoms with Crippen molar-refractivity contribution in [1.29, 1.82) is 0 Å². The van der Waals surface area contributed by atoms with Gasteiger partial charge in [0.15, 0.2) is 6.10 Å². The van der Waals surface area contributed by atoms with Crippen LogP contribution in [0.2, 0.25) is 0 Å². The first-order valence-corrected chi connectivity index (χ1v) is 8.36. The molecule has 1 saturated heterocycles. The third-order valence-electron chi connectivity index (χ3n) is 3.86. The van der Waals surface area contributed by atoms with Gasteiger partial charge < -0.3 is 19.7 Å². The van der Waals surface area contributed by atoms with Crippen molar-refractivity contribution >= 4 is 11.9 Å². The molecule has 0 spiro atoms. The number of morpholine rings is 1. The zero-order valence-corrected chi connectivity index (χ0v) is 14.2. The van der Waals surface area contributed by atoms with Gasteiger partial charge in [-0.2, -0.15) is 0 Å². The number of rotatable bonds is 6. The van der Waals surface area contributed by atoms with Crippen LogP contribution in [0.4, 0.5) is 5.95 Å². The van der Waals surface area contributed by atoms with Crippen LogP contribution in [-0.2, 0) is 16.1 Å². The Labute approximate surface area is 147 Å². The molecule has 0 aliphatic carbocycles. The summed E-state index contributed by atoms with van der Waals surface area (Å²) in [4.78, 5) is 23.1. The molecule has 0 saturated carbocycles. The first-order chi connectivity index (χ1) is 12.2. The Bertz CT molecular complexity index is 690. The minimum Gasteiger partial charge on any atom is -0.481 e. The highest BCUT2D eigenvalue weighted by atomic mass is 16.5. The van der Waals surface area contributed by atoms with Crippen LogP contribution in [0.5, 0.6) is 5.75 Å². The molecule has 1 aromatic heterocycles. The van der Waals surface area contributed by atoms with E-state index in [0.29, 0.717) is 31.5 Å². The summed E-state index contributed by atoms with van der Waals surface area (Å²) in [5.41, 5.74) is 0.761. The Balaban J connectivity index is 1.53. The average Bonchev–Trinajstić information content (AvgIpc) is 2.68. The second-order valence-corrected chi connectivity index (χ2v) is 5.74. The summed E-state index contributed by atoms with van der Waals surface area (Å²) in [5, 5.41) is 2.85. The van der Waals surface area contributed by atoms with Gasteiger partial charge in [-0.3, -0.25) is 4.79 Å². The Hall–Kier alpha value is -2.67. The molecule has 7 nitrogen and oxygen atoms in total. The molecule has 1 amide bonds. The van der Waals surface area contributed by atoms with Crippen molar-refractivity contribution in [2.24, 2.45) is 0 Å². The fourth-order valence-corrected chi connectivity index (χ4v) is 2.48. The van der Waals surface area contributed by atoms with Crippen LogP contribution in [0, 0.1) is 0 Å². The normalized spacial score (nSPS) is 15.5. The van der Waals surface area contributed by atoms with E-state index in [-0.39, 0.29) is 5.91 Å². The van der Waals surface area contributed by atoms with Crippen molar-refractivity contribution in [3.63, 3.8) is 0 Å². The minimum absolute atomic E-state index is 0.185. The topological polar surface area (TPSA) is 76.6 Å². The van der Waals surface area contributed by atoms with E-state index < -0.39 is 6.10 Å². The lowest BCUT2D eigenvalue weighted by molar-refractivity contribution is -0.127. The van der Waals surface area contributed by atoms with E-state index in [4.69, 9.17) is 9.47 Å². The van der Waals surface area contributed by atoms with Gasteiger partial charge in [-0.15, -0.1) is 0 Å². The zero-order valence-electron chi connectivity index (χ0n) is 14.2. The Morgan fingerprint density at radius 2 is 2.04 bits per heavy atom. The van der Waals surface area contributed by atoms with Gasteiger partial charge in [0.25, 0.3) is 5.91 Å². The van der Waals surface area contributed by atoms with Crippen LogP contribution in [0.15, 0.2) is 42.6 Å². The molecule has 1 fully saturated rings. The summed E-state index contributed by atoms with van der Waals surface area (Å²) in [5.74, 6) is 1.15. The molecular weight excluding hydrogens is 320 g/mol. The number of hydrogen-bond acceptors (Lipinski definition) is 6. The minimum atomic E-state index is -0.581. The lowest BCUT2D eigenvalue weighted by Crippen LogP contribution is -2.38. The highest BCUT2D eigenvalue weighted by Gasteiger charge is 2.16. The smallest absolute Gasteiger partial charge is 0.261 e. The van der Waals surface area contributed by atoms with Gasteiger partial charge in [-0.05, 0) is 25.1 Å². The van der Waals surface area contributed by atoms with Gasteiger partial charge in [0.2, 0.25) is 5.95 Å². The molecule has 1 unspecified atom stereocenters. The average molecular weight is 342 g/mol. The first-order valence-electron chi connectivity index (χ1n) is 8.36. The van der Waals surface area contributed by atoms with Crippen molar-refractivity contribution in [1.82, 2.24) is 15.3 Å². The summed E-state index contributed by atoms with van der Waals surface area (Å²) < 4.78 is 11.0. The predicted molar refractivity (Wildman–Crippen MR) is 93.4 cm³/mol. The molecule has 1 aliphatic rings. The fraction of sp³-hybridized carbons (Fsp3) is 0.389. The number of ether oxygens (including phenoxy) is 2. The second-order valence-electron chi connectivity index (χ2n) is 5.74. The van der Waals surface area contributed by atoms with E-state index >= 15 is 0 Å². The highest BCUT2D eigenvalue weighted by molar-refractivity contribution is 5.80. The van der Waals surface area contributed by atoms with Crippen molar-refractivity contribution in [3.05, 3.63) is 48.3 Å². The Kier molecular flexibility index (Phi) is 5.79. The van der Waals surface area contributed by atoms with Crippen molar-refractivity contribution in [3.8, 4) is 5.75 Å². The molecule has 2 heterocycles. The number of carbonyl (C=O) groups is 1. The van der Waals surface area contributed by atoms with Crippen molar-refractivity contribution in [2.75, 3.05) is 31.2 Å². The van der Waals surface area contributed by atoms with E-state index in [0.717, 1.165) is 18.8 Å². The van der Waals surface area contributed by atoms with Crippen LogP contribution in [0.1, 0.15) is 12.6 Å². The maximum Gasteiger partial charge on any atom is 0.261 e. The molecule has 1 atom stereocenters. The van der Waals surface area contributed by atoms with E-state index in [1.54, 1.807) is 19.2 Å². The largest absolute Gasteiger partial charge is 0.481 e. The van der Waals surface area contributed by atoms with Gasteiger partial charge >= 0.3 is 0 Å². The highest BCUT2D eigenvalue weighted by Crippen LogP contribution is 2.12. The lowest BCUT2D eigenvalue weighted by Gasteiger charge is -2.26. The number of nitrogens with zero attached hydrogens (tertiary/aromatic N) is 3. The summed E-state index contributed by atoms with van der Waals surface area (Å²) in [6.07, 6.45) is 1.13. The molecule has 25 heavy (non-hydrogen) atoms. The third kappa shape index (κ3) is 4.90. The van der Waals surface area contributed by atoms with Gasteiger partial charge in [0, 0.05) is 19.3 Å². The molecular formula is C18H22N4O3. The van der Waals surface area contributed by atoms with Gasteiger partial charge in [0.1, 0.15) is 5.75 Å². The number of aromatic nitrogens is 2. The van der Waals surface area contributed by atoms with Crippen LogP contribution in [-0.4, -0.2) is 48.3 Å². The maximum atomic E-state index is 12.2. The molecule has 1 aromatic carbocycles. The monoisotopic (exact) mass is 342 g/mol. The molecule has 0 bridgehead atoms. The quantitative estimate of drug-likeness (QED) is 0.855. The number of nitrogens with one attached hydrogen (secondary N) is 1. The van der Waals surface area contributed by atoms with E-state index in [9.17, 15) is 4.79 Å². The Morgan fingerprint density at radius 1 is 1.28 bits per heavy atom. The molecule has 1 aliphatic heterocycles. The lowest BCUT2D eigenvalue weighted by atomic mass is 10.3. The van der Waals surface area contributed by atoms with Gasteiger partial charge in [-0.1, -0.05) is 18.2 Å². The fourth-order valence-electron chi connectivity index (χ4n) is 2.48. The number of amides is 1. The molecule has 7 heteroatoms. The molecule has 132 valence electrons. The van der Waals surface area contributed by atoms with Crippen LogP contribution < -0.4 is 15.0 Å². The zero-order chi connectivity index (χ0) is 17.5. The SMILES string of the molecule is CC(Oc1ccccc1)C(=O)NCc1ccnc(N2CCOCC2)n1. The standard InChI is InChI=1S/C18H22N4O3/c1-14(25-16-5-3-2-4-6-16)17(23)20-13-15-7-8-19-18(21-15)22-9-11-24-12-10-22/h2-8,14H,9-13H2,1H3,(H,20,23). The summed E-state index contributed by atoms with van der Waals surface area (Å²) >= 11 is 0. The summed E-state index contributed by atoms with van der Waals surface area (Å²) in [6, 6.07) is 11.1. The maximum absolute atomic E-state index is 12.2. The van der Waals surface area contributed by atoms with Crippen LogP contribution in [0.25, 0.3) is 0 Å². The number of para-hydroxylation sites is 1. The number of carbonyl (C=O) groups excluding carboxylic acids is 1. The van der Waals surface area contributed by atoms with Crippen molar-refractivity contribution in [2.45, 2.75) is 19.6 Å². The number of hydrogen-bond donors (Lipinski definition) is 1. The number of benzene rings is 1. The van der Waals surface area contributed by atoms with Crippen molar-refractivity contribution < 1.29 is 14.3 Å². The summed E-state index contributed by atoms with van der Waals surface area (Å²) in [7, 11) is 0. The summed E-state index contributed by atoms with van der Waals surface area (Å²) in [6.45, 7) is 4.97. The Morgan fingerprint density at radius 3 is 2.80 bits per heavy atom. The van der Waals surface area contributed by atoms with Gasteiger partial charge in [0.05, 0.1) is 25.5 Å². The first kappa shape index (κ1) is 17.2. The molecule has 2 aromatic rings. The number of anilines is 1. The molecule has 1 N–H and O–H groups in total. The third-order valence-corrected chi connectivity index (χ3v) is 3.86. The molecule has 3 rings (SSSR count). The van der Waals surface area contributed by atoms with Crippen LogP contribution >= 0.6 is 0 Å². The predicted octanol–water partition coefficient (Wildman–Crippen LogP) is 1.40.